The molecule has 0 spiro atoms. The van der Waals surface area contributed by atoms with Crippen molar-refractivity contribution in [3.05, 3.63) is 122 Å². The van der Waals surface area contributed by atoms with Crippen molar-refractivity contribution in [2.24, 2.45) is 5.92 Å². The normalized spacial score (nSPS) is 19.6. The second-order valence-electron chi connectivity index (χ2n) is 17.7. The van der Waals surface area contributed by atoms with Crippen LogP contribution in [0.25, 0.3) is 27.0 Å². The molecule has 2 saturated heterocycles. The van der Waals surface area contributed by atoms with Crippen LogP contribution in [0.3, 0.4) is 0 Å². The molecule has 0 bridgehead atoms. The number of carbonyl (C=O) groups excluding carboxylic acids is 2. The van der Waals surface area contributed by atoms with E-state index in [2.05, 4.69) is 62.0 Å². The minimum Gasteiger partial charge on any atom is -0.391 e. The van der Waals surface area contributed by atoms with Gasteiger partial charge in [-0.2, -0.15) is 4.98 Å². The number of aromatic nitrogens is 4. The summed E-state index contributed by atoms with van der Waals surface area (Å²) in [7, 11) is 0. The standard InChI is InChI=1S/C47H50ClN7O5S/c1-25(2)40(45(59)54-23-32(56)21-37(54)43(57)50-26(3)28-10-12-30(13-11-28)42-27(4)49-24-61-42)38-22-39(52-60-38)53-18-16-29(17-19-53)31-14-15-35-33(20-31)47(5,6)46-51-44(58)41-34(48)8-7-9-36(41)55(35)46/h7-15,20,22,24-26,29,32,37,40,56H,16-19,21,23H2,1-6H3,(H,50,57)/t26-,32+,37-,40?/m0/s1. The smallest absolute Gasteiger partial charge is 0.282 e. The van der Waals surface area contributed by atoms with Crippen LogP contribution in [0.5, 0.6) is 0 Å². The maximum absolute atomic E-state index is 14.4. The summed E-state index contributed by atoms with van der Waals surface area (Å²) in [5.41, 5.74) is 8.19. The second-order valence-corrected chi connectivity index (χ2v) is 19.0. The van der Waals surface area contributed by atoms with Crippen LogP contribution in [-0.4, -0.2) is 73.3 Å². The number of hydrogen-bond donors (Lipinski definition) is 2. The first kappa shape index (κ1) is 41.0. The van der Waals surface area contributed by atoms with E-state index in [-0.39, 0.29) is 42.3 Å². The van der Waals surface area contributed by atoms with Gasteiger partial charge in [0.1, 0.15) is 17.8 Å². The van der Waals surface area contributed by atoms with Crippen LogP contribution in [0.4, 0.5) is 5.82 Å². The Morgan fingerprint density at radius 2 is 1.79 bits per heavy atom. The number of fused-ring (bicyclic) bond motifs is 5. The summed E-state index contributed by atoms with van der Waals surface area (Å²) in [4.78, 5) is 55.0. The molecule has 2 N–H and O–H groups in total. The molecule has 3 aliphatic rings. The van der Waals surface area contributed by atoms with Crippen molar-refractivity contribution in [1.82, 2.24) is 29.9 Å². The predicted molar refractivity (Wildman–Crippen MR) is 238 cm³/mol. The predicted octanol–water partition coefficient (Wildman–Crippen LogP) is 8.06. The Bertz CT molecular complexity index is 2720. The van der Waals surface area contributed by atoms with E-state index >= 15 is 0 Å². The average molecular weight is 860 g/mol. The lowest BCUT2D eigenvalue weighted by Crippen LogP contribution is -2.48. The zero-order valence-electron chi connectivity index (χ0n) is 35.2. The molecule has 3 aromatic carbocycles. The molecule has 3 aromatic heterocycles. The molecule has 4 atom stereocenters. The third kappa shape index (κ3) is 7.23. The number of β-amino-alcohol motifs (C(OH)–C–C–N with tert-alkyl or cyclic N) is 1. The highest BCUT2D eigenvalue weighted by atomic mass is 35.5. The van der Waals surface area contributed by atoms with Gasteiger partial charge >= 0.3 is 0 Å². The lowest BCUT2D eigenvalue weighted by molar-refractivity contribution is -0.141. The van der Waals surface area contributed by atoms with E-state index in [0.717, 1.165) is 64.4 Å². The number of benzene rings is 3. The molecular weight excluding hydrogens is 810 g/mol. The van der Waals surface area contributed by atoms with E-state index in [4.69, 9.17) is 16.1 Å². The highest BCUT2D eigenvalue weighted by Gasteiger charge is 2.44. The number of nitrogens with zero attached hydrogens (tertiary/aromatic N) is 6. The summed E-state index contributed by atoms with van der Waals surface area (Å²) < 4.78 is 8.01. The van der Waals surface area contributed by atoms with E-state index in [9.17, 15) is 19.5 Å². The zero-order valence-corrected chi connectivity index (χ0v) is 36.8. The number of halogens is 1. The number of piperidine rings is 1. The Morgan fingerprint density at radius 1 is 1.03 bits per heavy atom. The van der Waals surface area contributed by atoms with Crippen molar-refractivity contribution in [2.45, 2.75) is 96.2 Å². The van der Waals surface area contributed by atoms with Crippen molar-refractivity contribution >= 4 is 51.5 Å². The number of aryl methyl sites for hydroxylation is 1. The quantitative estimate of drug-likeness (QED) is 0.147. The van der Waals surface area contributed by atoms with Crippen LogP contribution < -0.4 is 15.8 Å². The summed E-state index contributed by atoms with van der Waals surface area (Å²) in [6.07, 6.45) is 1.13. The summed E-state index contributed by atoms with van der Waals surface area (Å²) in [5.74, 6) is 0.757. The Labute approximate surface area is 363 Å². The van der Waals surface area contributed by atoms with Gasteiger partial charge in [-0.25, -0.2) is 4.98 Å². The fraction of sp³-hybridized carbons (Fsp3) is 0.404. The first-order valence-electron chi connectivity index (χ1n) is 21.1. The van der Waals surface area contributed by atoms with Gasteiger partial charge in [-0.15, -0.1) is 11.3 Å². The lowest BCUT2D eigenvalue weighted by Gasteiger charge is -2.32. The van der Waals surface area contributed by atoms with E-state index < -0.39 is 23.5 Å². The number of likely N-dealkylation sites (tertiary alicyclic amines) is 1. The Morgan fingerprint density at radius 3 is 2.49 bits per heavy atom. The molecule has 316 valence electrons. The molecule has 0 saturated carbocycles. The van der Waals surface area contributed by atoms with Crippen LogP contribution in [0, 0.1) is 12.8 Å². The summed E-state index contributed by atoms with van der Waals surface area (Å²) >= 11 is 8.07. The van der Waals surface area contributed by atoms with Crippen molar-refractivity contribution in [3.63, 3.8) is 0 Å². The molecule has 61 heavy (non-hydrogen) atoms. The van der Waals surface area contributed by atoms with Gasteiger partial charge in [0.25, 0.3) is 5.56 Å². The largest absolute Gasteiger partial charge is 0.391 e. The fourth-order valence-electron chi connectivity index (χ4n) is 9.65. The van der Waals surface area contributed by atoms with E-state index in [1.807, 2.05) is 75.7 Å². The molecule has 9 rings (SSSR count). The van der Waals surface area contributed by atoms with E-state index in [0.29, 0.717) is 33.7 Å². The highest BCUT2D eigenvalue weighted by Crippen LogP contribution is 2.45. The molecular formula is C47H50ClN7O5S. The third-order valence-electron chi connectivity index (χ3n) is 13.0. The van der Waals surface area contributed by atoms with Gasteiger partial charge in [0.15, 0.2) is 11.6 Å². The van der Waals surface area contributed by atoms with E-state index in [1.54, 1.807) is 17.4 Å². The Kier molecular flexibility index (Phi) is 10.6. The zero-order chi connectivity index (χ0) is 42.9. The minimum absolute atomic E-state index is 0.0672. The monoisotopic (exact) mass is 859 g/mol. The molecule has 12 nitrogen and oxygen atoms in total. The number of carbonyl (C=O) groups is 2. The van der Waals surface area contributed by atoms with E-state index in [1.165, 1.54) is 10.5 Å². The van der Waals surface area contributed by atoms with Gasteiger partial charge in [-0.3, -0.25) is 19.0 Å². The average Bonchev–Trinajstić information content (AvgIpc) is 4.04. The van der Waals surface area contributed by atoms with Crippen LogP contribution in [0.1, 0.15) is 106 Å². The number of anilines is 1. The Hall–Kier alpha value is -5.37. The van der Waals surface area contributed by atoms with Crippen LogP contribution >= 0.6 is 22.9 Å². The van der Waals surface area contributed by atoms with Gasteiger partial charge in [-0.1, -0.05) is 73.1 Å². The van der Waals surface area contributed by atoms with Gasteiger partial charge < -0.3 is 24.7 Å². The number of amides is 2. The highest BCUT2D eigenvalue weighted by molar-refractivity contribution is 7.13. The molecule has 2 amide bonds. The molecule has 14 heteroatoms. The van der Waals surface area contributed by atoms with Crippen molar-refractivity contribution in [2.75, 3.05) is 24.5 Å². The minimum atomic E-state index is -0.817. The maximum atomic E-state index is 14.4. The molecule has 3 aliphatic heterocycles. The third-order valence-corrected chi connectivity index (χ3v) is 14.3. The summed E-state index contributed by atoms with van der Waals surface area (Å²) in [6, 6.07) is 20.9. The second kappa shape index (κ2) is 15.8. The number of aliphatic hydroxyl groups is 1. The summed E-state index contributed by atoms with van der Waals surface area (Å²) in [6.45, 7) is 13.6. The number of rotatable bonds is 9. The first-order valence-corrected chi connectivity index (χ1v) is 22.3. The SMILES string of the molecule is Cc1ncsc1-c1ccc([C@H](C)NC(=O)[C@@H]2C[C@@H](O)CN2C(=O)C(c2cc(N3CCC(c4ccc5c(c4)C(C)(C)c4nc(=O)c6c(Cl)cccc6n4-5)CC3)no2)C(C)C)cc1. The molecule has 0 radical (unpaired) electrons. The van der Waals surface area contributed by atoms with Gasteiger partial charge in [0.05, 0.1) is 55.3 Å². The topological polar surface area (TPSA) is 147 Å². The van der Waals surface area contributed by atoms with Crippen LogP contribution in [0.15, 0.2) is 81.6 Å². The van der Waals surface area contributed by atoms with Crippen molar-refractivity contribution in [3.8, 4) is 16.1 Å². The molecule has 2 fully saturated rings. The number of hydrogen-bond acceptors (Lipinski definition) is 10. The van der Waals surface area contributed by atoms with Gasteiger partial charge in [-0.05, 0) is 92.8 Å². The molecule has 6 heterocycles. The van der Waals surface area contributed by atoms with Crippen LogP contribution in [0.2, 0.25) is 5.02 Å². The van der Waals surface area contributed by atoms with Gasteiger partial charge in [0, 0.05) is 32.1 Å². The first-order chi connectivity index (χ1) is 29.2. The number of aliphatic hydroxyl groups excluding tert-OH is 1. The Balaban J connectivity index is 0.865. The number of thiazole rings is 1. The molecule has 1 unspecified atom stereocenters. The lowest BCUT2D eigenvalue weighted by atomic mass is 9.81. The fourth-order valence-corrected chi connectivity index (χ4v) is 10.7. The molecule has 6 aromatic rings. The molecule has 0 aliphatic carbocycles. The van der Waals surface area contributed by atoms with Gasteiger partial charge in [0.2, 0.25) is 11.8 Å². The van der Waals surface area contributed by atoms with Crippen LogP contribution in [-0.2, 0) is 15.0 Å². The maximum Gasteiger partial charge on any atom is 0.282 e. The summed E-state index contributed by atoms with van der Waals surface area (Å²) in [5, 5.41) is 19.1. The van der Waals surface area contributed by atoms with Crippen molar-refractivity contribution in [1.29, 1.82) is 0 Å². The van der Waals surface area contributed by atoms with Crippen molar-refractivity contribution < 1.29 is 19.2 Å². The number of nitrogens with one attached hydrogen (secondary N) is 1.